The van der Waals surface area contributed by atoms with E-state index in [0.717, 1.165) is 0 Å². The lowest BCUT2D eigenvalue weighted by Gasteiger charge is -2.15. The summed E-state index contributed by atoms with van der Waals surface area (Å²) in [6, 6.07) is 7.20. The Hall–Kier alpha value is -1.82. The minimum Gasteiger partial charge on any atom is -0.363 e. The van der Waals surface area contributed by atoms with Crippen molar-refractivity contribution in [1.29, 1.82) is 0 Å². The maximum absolute atomic E-state index is 13.0. The highest BCUT2D eigenvalue weighted by Gasteiger charge is 2.26. The Kier molecular flexibility index (Phi) is 3.14. The van der Waals surface area contributed by atoms with Crippen LogP contribution in [0.3, 0.4) is 0 Å². The number of halogens is 2. The quantitative estimate of drug-likeness (QED) is 0.849. The maximum atomic E-state index is 13.0. The standard InChI is InChI=1S/C11H12F2N4/c12-11(13,5-14)6-15-10-8-3-1-2-4-9(8)16-7-17-10/h1-4,7H,5-6,14H2,(H,15,16,17). The predicted octanol–water partition coefficient (Wildman–Crippen LogP) is 1.64. The van der Waals surface area contributed by atoms with E-state index < -0.39 is 19.0 Å². The monoisotopic (exact) mass is 238 g/mol. The fourth-order valence-electron chi connectivity index (χ4n) is 1.43. The van der Waals surface area contributed by atoms with Gasteiger partial charge in [0.25, 0.3) is 5.92 Å². The van der Waals surface area contributed by atoms with Crippen LogP contribution in [0.25, 0.3) is 10.9 Å². The molecular weight excluding hydrogens is 226 g/mol. The lowest BCUT2D eigenvalue weighted by Crippen LogP contribution is -2.35. The molecule has 90 valence electrons. The van der Waals surface area contributed by atoms with Gasteiger partial charge in [-0.3, -0.25) is 0 Å². The van der Waals surface area contributed by atoms with Gasteiger partial charge >= 0.3 is 0 Å². The number of nitrogens with zero attached hydrogens (tertiary/aromatic N) is 2. The number of anilines is 1. The van der Waals surface area contributed by atoms with Gasteiger partial charge in [-0.05, 0) is 12.1 Å². The highest BCUT2D eigenvalue weighted by Crippen LogP contribution is 2.20. The Bertz CT molecular complexity index is 510. The molecule has 1 heterocycles. The number of para-hydroxylation sites is 1. The topological polar surface area (TPSA) is 63.8 Å². The van der Waals surface area contributed by atoms with Crippen LogP contribution >= 0.6 is 0 Å². The molecule has 0 amide bonds. The second-order valence-electron chi connectivity index (χ2n) is 3.65. The highest BCUT2D eigenvalue weighted by molar-refractivity contribution is 5.88. The average molecular weight is 238 g/mol. The van der Waals surface area contributed by atoms with Crippen LogP contribution < -0.4 is 11.1 Å². The summed E-state index contributed by atoms with van der Waals surface area (Å²) in [5, 5.41) is 3.31. The number of rotatable bonds is 4. The summed E-state index contributed by atoms with van der Waals surface area (Å²) >= 11 is 0. The SMILES string of the molecule is NCC(F)(F)CNc1ncnc2ccccc12. The number of alkyl halides is 2. The van der Waals surface area contributed by atoms with Gasteiger partial charge in [-0.1, -0.05) is 12.1 Å². The van der Waals surface area contributed by atoms with Gasteiger partial charge in [0, 0.05) is 5.39 Å². The van der Waals surface area contributed by atoms with Gasteiger partial charge in [-0.2, -0.15) is 0 Å². The molecule has 0 atom stereocenters. The Balaban J connectivity index is 2.24. The molecule has 2 aromatic rings. The third-order valence-electron chi connectivity index (χ3n) is 2.36. The number of hydrogen-bond acceptors (Lipinski definition) is 4. The molecule has 0 aliphatic carbocycles. The molecule has 6 heteroatoms. The van der Waals surface area contributed by atoms with E-state index in [-0.39, 0.29) is 0 Å². The number of fused-ring (bicyclic) bond motifs is 1. The Morgan fingerprint density at radius 2 is 2.00 bits per heavy atom. The fourth-order valence-corrected chi connectivity index (χ4v) is 1.43. The normalized spacial score (nSPS) is 11.7. The number of aromatic nitrogens is 2. The van der Waals surface area contributed by atoms with E-state index in [4.69, 9.17) is 5.73 Å². The van der Waals surface area contributed by atoms with Crippen molar-refractivity contribution in [2.24, 2.45) is 5.73 Å². The van der Waals surface area contributed by atoms with Crippen LogP contribution in [-0.4, -0.2) is 29.0 Å². The second-order valence-corrected chi connectivity index (χ2v) is 3.65. The van der Waals surface area contributed by atoms with Crippen molar-refractivity contribution in [2.75, 3.05) is 18.4 Å². The second kappa shape index (κ2) is 4.58. The summed E-state index contributed by atoms with van der Waals surface area (Å²) < 4.78 is 26.0. The molecule has 0 bridgehead atoms. The maximum Gasteiger partial charge on any atom is 0.276 e. The molecular formula is C11H12F2N4. The Morgan fingerprint density at radius 3 is 2.76 bits per heavy atom. The molecule has 0 spiro atoms. The van der Waals surface area contributed by atoms with Gasteiger partial charge in [0.2, 0.25) is 0 Å². The van der Waals surface area contributed by atoms with Crippen molar-refractivity contribution in [3.05, 3.63) is 30.6 Å². The molecule has 1 aromatic carbocycles. The van der Waals surface area contributed by atoms with Crippen LogP contribution in [0.4, 0.5) is 14.6 Å². The first-order chi connectivity index (χ1) is 8.12. The van der Waals surface area contributed by atoms with Crippen molar-refractivity contribution >= 4 is 16.7 Å². The summed E-state index contributed by atoms with van der Waals surface area (Å²) in [6.45, 7) is -1.23. The smallest absolute Gasteiger partial charge is 0.276 e. The van der Waals surface area contributed by atoms with Gasteiger partial charge in [0.05, 0.1) is 18.6 Å². The molecule has 4 nitrogen and oxygen atoms in total. The van der Waals surface area contributed by atoms with E-state index in [1.807, 2.05) is 6.07 Å². The Labute approximate surface area is 96.9 Å². The predicted molar refractivity (Wildman–Crippen MR) is 62.0 cm³/mol. The van der Waals surface area contributed by atoms with Gasteiger partial charge in [0.1, 0.15) is 12.1 Å². The molecule has 0 saturated carbocycles. The molecule has 0 unspecified atom stereocenters. The first-order valence-electron chi connectivity index (χ1n) is 5.14. The summed E-state index contributed by atoms with van der Waals surface area (Å²) in [6.07, 6.45) is 1.34. The van der Waals surface area contributed by atoms with Crippen molar-refractivity contribution < 1.29 is 8.78 Å². The van der Waals surface area contributed by atoms with Crippen molar-refractivity contribution in [3.8, 4) is 0 Å². The number of hydrogen-bond donors (Lipinski definition) is 2. The number of benzene rings is 1. The summed E-state index contributed by atoms with van der Waals surface area (Å²) in [5.41, 5.74) is 5.67. The van der Waals surface area contributed by atoms with Gasteiger partial charge < -0.3 is 11.1 Å². The molecule has 0 aliphatic rings. The van der Waals surface area contributed by atoms with Crippen molar-refractivity contribution in [1.82, 2.24) is 9.97 Å². The number of nitrogens with two attached hydrogens (primary N) is 1. The van der Waals surface area contributed by atoms with E-state index in [0.29, 0.717) is 16.7 Å². The minimum atomic E-state index is -2.94. The van der Waals surface area contributed by atoms with Crippen LogP contribution in [0.5, 0.6) is 0 Å². The zero-order valence-corrected chi connectivity index (χ0v) is 9.03. The van der Waals surface area contributed by atoms with E-state index in [9.17, 15) is 8.78 Å². The van der Waals surface area contributed by atoms with E-state index in [1.54, 1.807) is 18.2 Å². The fraction of sp³-hybridized carbons (Fsp3) is 0.273. The van der Waals surface area contributed by atoms with Crippen LogP contribution in [0.1, 0.15) is 0 Å². The third-order valence-corrected chi connectivity index (χ3v) is 2.36. The zero-order valence-electron chi connectivity index (χ0n) is 9.03. The largest absolute Gasteiger partial charge is 0.363 e. The van der Waals surface area contributed by atoms with E-state index in [1.165, 1.54) is 6.33 Å². The lowest BCUT2D eigenvalue weighted by atomic mass is 10.2. The highest BCUT2D eigenvalue weighted by atomic mass is 19.3. The Morgan fingerprint density at radius 1 is 1.24 bits per heavy atom. The lowest BCUT2D eigenvalue weighted by molar-refractivity contribution is 0.0253. The first kappa shape index (κ1) is 11.7. The molecule has 17 heavy (non-hydrogen) atoms. The van der Waals surface area contributed by atoms with Gasteiger partial charge in [0.15, 0.2) is 0 Å². The van der Waals surface area contributed by atoms with Crippen LogP contribution in [0.2, 0.25) is 0 Å². The minimum absolute atomic E-state index is 0.392. The molecule has 0 aliphatic heterocycles. The first-order valence-corrected chi connectivity index (χ1v) is 5.14. The summed E-state index contributed by atoms with van der Waals surface area (Å²) in [5.74, 6) is -2.55. The third kappa shape index (κ3) is 2.65. The van der Waals surface area contributed by atoms with Crippen LogP contribution in [-0.2, 0) is 0 Å². The molecule has 1 aromatic heterocycles. The van der Waals surface area contributed by atoms with Gasteiger partial charge in [-0.15, -0.1) is 0 Å². The molecule has 3 N–H and O–H groups in total. The number of nitrogens with one attached hydrogen (secondary N) is 1. The van der Waals surface area contributed by atoms with Crippen molar-refractivity contribution in [2.45, 2.75) is 5.92 Å². The van der Waals surface area contributed by atoms with Crippen molar-refractivity contribution in [3.63, 3.8) is 0 Å². The zero-order chi connectivity index (χ0) is 12.3. The van der Waals surface area contributed by atoms with Crippen LogP contribution in [0.15, 0.2) is 30.6 Å². The van der Waals surface area contributed by atoms with Gasteiger partial charge in [-0.25, -0.2) is 18.7 Å². The van der Waals surface area contributed by atoms with E-state index in [2.05, 4.69) is 15.3 Å². The molecule has 2 rings (SSSR count). The summed E-state index contributed by atoms with van der Waals surface area (Å²) in [4.78, 5) is 7.99. The molecule has 0 fully saturated rings. The average Bonchev–Trinajstić information content (AvgIpc) is 2.36. The summed E-state index contributed by atoms with van der Waals surface area (Å²) in [7, 11) is 0. The molecule has 0 radical (unpaired) electrons. The van der Waals surface area contributed by atoms with Crippen LogP contribution in [0, 0.1) is 0 Å². The van der Waals surface area contributed by atoms with E-state index >= 15 is 0 Å². The molecule has 0 saturated heterocycles.